The Morgan fingerprint density at radius 1 is 0.426 bits per heavy atom. The second kappa shape index (κ2) is 15.0. The SMILES string of the molecule is C=CCOc1c2cc(C(C)(C)C)cc1Cc1cc(C(C)(C)C)cc(c1O)Cc1cc(C(C)(C)C)cc(c1OCC=C)Cc1cc(C(C)(C)C)cc(c1O)C2. The number of rotatable bonds is 6. The highest BCUT2D eigenvalue weighted by Gasteiger charge is 2.28. The van der Waals surface area contributed by atoms with Gasteiger partial charge in [-0.3, -0.25) is 0 Å². The van der Waals surface area contributed by atoms with E-state index >= 15 is 0 Å². The van der Waals surface area contributed by atoms with Crippen molar-refractivity contribution in [2.75, 3.05) is 13.2 Å². The fraction of sp³-hybridized carbons (Fsp3) is 0.440. The molecule has 4 nitrogen and oxygen atoms in total. The summed E-state index contributed by atoms with van der Waals surface area (Å²) in [5, 5.41) is 24.6. The number of phenols is 2. The molecule has 1 aliphatic rings. The third-order valence-corrected chi connectivity index (χ3v) is 10.7. The summed E-state index contributed by atoms with van der Waals surface area (Å²) in [4.78, 5) is 0. The molecule has 0 amide bonds. The van der Waals surface area contributed by atoms with Crippen LogP contribution in [-0.2, 0) is 47.3 Å². The molecule has 5 rings (SSSR count). The smallest absolute Gasteiger partial charge is 0.126 e. The van der Waals surface area contributed by atoms with Gasteiger partial charge in [0.1, 0.15) is 36.2 Å². The lowest BCUT2D eigenvalue weighted by Gasteiger charge is -2.28. The van der Waals surface area contributed by atoms with Crippen molar-refractivity contribution < 1.29 is 19.7 Å². The molecule has 0 heterocycles. The first-order chi connectivity index (χ1) is 25.0. The standard InChI is InChI=1S/C50H64O4/c1-15-17-53-45-35-19-31-23-39(47(3,4)5)25-33(43(31)51)21-37-29-42(50(12,13)14)30-38(46(37)54-18-16-2)22-34-26-40(48(6,7)8)24-32(44(34)52)20-36(45)28-41(27-35)49(9,10)11/h15-16,23-30,51-52H,1-2,17-22H2,3-14H3. The summed E-state index contributed by atoms with van der Waals surface area (Å²) in [5.41, 5.74) is 11.4. The van der Waals surface area contributed by atoms with Crippen molar-refractivity contribution in [2.45, 2.75) is 130 Å². The molecule has 8 bridgehead atoms. The lowest BCUT2D eigenvalue weighted by atomic mass is 9.79. The van der Waals surface area contributed by atoms with Crippen LogP contribution >= 0.6 is 0 Å². The maximum absolute atomic E-state index is 12.3. The summed E-state index contributed by atoms with van der Waals surface area (Å²) in [5.74, 6) is 2.14. The van der Waals surface area contributed by atoms with E-state index in [2.05, 4.69) is 145 Å². The fourth-order valence-electron chi connectivity index (χ4n) is 7.30. The van der Waals surface area contributed by atoms with Crippen LogP contribution in [0.15, 0.2) is 73.8 Å². The van der Waals surface area contributed by atoms with Crippen LogP contribution in [0, 0.1) is 0 Å². The van der Waals surface area contributed by atoms with Crippen LogP contribution < -0.4 is 9.47 Å². The zero-order chi connectivity index (χ0) is 40.0. The van der Waals surface area contributed by atoms with E-state index in [1.54, 1.807) is 12.2 Å². The number of ether oxygens (including phenoxy) is 2. The third kappa shape index (κ3) is 8.91. The van der Waals surface area contributed by atoms with E-state index in [-0.39, 0.29) is 21.7 Å². The van der Waals surface area contributed by atoms with E-state index in [0.717, 1.165) is 67.1 Å². The van der Waals surface area contributed by atoms with Crippen molar-refractivity contribution in [3.05, 3.63) is 141 Å². The minimum absolute atomic E-state index is 0.155. The molecule has 54 heavy (non-hydrogen) atoms. The molecule has 0 atom stereocenters. The highest BCUT2D eigenvalue weighted by Crippen LogP contribution is 2.43. The summed E-state index contributed by atoms with van der Waals surface area (Å²) in [6.07, 6.45) is 5.43. The fourth-order valence-corrected chi connectivity index (χ4v) is 7.30. The van der Waals surface area contributed by atoms with Gasteiger partial charge in [0.15, 0.2) is 0 Å². The van der Waals surface area contributed by atoms with Crippen molar-refractivity contribution in [2.24, 2.45) is 0 Å². The Labute approximate surface area is 326 Å². The molecule has 2 N–H and O–H groups in total. The van der Waals surface area contributed by atoms with E-state index in [1.165, 1.54) is 11.1 Å². The van der Waals surface area contributed by atoms with Crippen molar-refractivity contribution in [3.63, 3.8) is 0 Å². The monoisotopic (exact) mass is 728 g/mol. The summed E-state index contributed by atoms with van der Waals surface area (Å²) in [6.45, 7) is 35.3. The van der Waals surface area contributed by atoms with E-state index in [1.807, 2.05) is 0 Å². The summed E-state index contributed by atoms with van der Waals surface area (Å²) in [7, 11) is 0. The molecule has 0 aromatic heterocycles. The van der Waals surface area contributed by atoms with Gasteiger partial charge in [0.2, 0.25) is 0 Å². The van der Waals surface area contributed by atoms with Crippen LogP contribution in [0.5, 0.6) is 23.0 Å². The lowest BCUT2D eigenvalue weighted by molar-refractivity contribution is 0.355. The van der Waals surface area contributed by atoms with Gasteiger partial charge in [0.05, 0.1) is 0 Å². The topological polar surface area (TPSA) is 58.9 Å². The first-order valence-corrected chi connectivity index (χ1v) is 19.5. The second-order valence-corrected chi connectivity index (χ2v) is 19.4. The molecule has 0 saturated heterocycles. The summed E-state index contributed by atoms with van der Waals surface area (Å²) in [6, 6.07) is 17.6. The molecule has 0 aliphatic heterocycles. The average Bonchev–Trinajstić information content (AvgIpc) is 3.04. The Kier molecular flexibility index (Phi) is 11.3. The highest BCUT2D eigenvalue weighted by molar-refractivity contribution is 5.59. The Balaban J connectivity index is 1.95. The van der Waals surface area contributed by atoms with Crippen LogP contribution in [0.3, 0.4) is 0 Å². The molecule has 0 saturated carbocycles. The molecule has 4 aromatic carbocycles. The molecular formula is C50H64O4. The molecule has 0 unspecified atom stereocenters. The van der Waals surface area contributed by atoms with Crippen LogP contribution in [0.2, 0.25) is 0 Å². The van der Waals surface area contributed by atoms with Crippen LogP contribution in [0.4, 0.5) is 0 Å². The predicted molar refractivity (Wildman–Crippen MR) is 227 cm³/mol. The minimum Gasteiger partial charge on any atom is -0.507 e. The molecule has 1 aliphatic carbocycles. The Hall–Kier alpha value is -4.44. The van der Waals surface area contributed by atoms with Crippen molar-refractivity contribution in [1.82, 2.24) is 0 Å². The third-order valence-electron chi connectivity index (χ3n) is 10.7. The van der Waals surface area contributed by atoms with E-state index in [4.69, 9.17) is 9.47 Å². The zero-order valence-electron chi connectivity index (χ0n) is 35.1. The van der Waals surface area contributed by atoms with Crippen LogP contribution in [0.25, 0.3) is 0 Å². The maximum atomic E-state index is 12.3. The predicted octanol–water partition coefficient (Wildman–Crippen LogP) is 12.1. The molecule has 0 radical (unpaired) electrons. The molecule has 0 fully saturated rings. The first kappa shape index (κ1) is 40.7. The number of aromatic hydroxyl groups is 2. The van der Waals surface area contributed by atoms with Gasteiger partial charge in [-0.05, 0) is 88.4 Å². The van der Waals surface area contributed by atoms with Gasteiger partial charge < -0.3 is 19.7 Å². The van der Waals surface area contributed by atoms with Crippen LogP contribution in [0.1, 0.15) is 150 Å². The van der Waals surface area contributed by atoms with Gasteiger partial charge >= 0.3 is 0 Å². The van der Waals surface area contributed by atoms with E-state index in [0.29, 0.717) is 50.4 Å². The van der Waals surface area contributed by atoms with Crippen molar-refractivity contribution in [1.29, 1.82) is 0 Å². The number of hydrogen-bond donors (Lipinski definition) is 2. The molecular weight excluding hydrogens is 665 g/mol. The highest BCUT2D eigenvalue weighted by atomic mass is 16.5. The Morgan fingerprint density at radius 3 is 0.815 bits per heavy atom. The van der Waals surface area contributed by atoms with Gasteiger partial charge in [0, 0.05) is 25.7 Å². The van der Waals surface area contributed by atoms with Gasteiger partial charge in [-0.25, -0.2) is 0 Å². The second-order valence-electron chi connectivity index (χ2n) is 19.4. The lowest BCUT2D eigenvalue weighted by Crippen LogP contribution is -2.16. The zero-order valence-corrected chi connectivity index (χ0v) is 35.1. The number of fused-ring (bicyclic) bond motifs is 8. The van der Waals surface area contributed by atoms with Gasteiger partial charge in [-0.2, -0.15) is 0 Å². The average molecular weight is 729 g/mol. The largest absolute Gasteiger partial charge is 0.507 e. The van der Waals surface area contributed by atoms with Gasteiger partial charge in [-0.15, -0.1) is 0 Å². The van der Waals surface area contributed by atoms with Crippen molar-refractivity contribution in [3.8, 4) is 23.0 Å². The summed E-state index contributed by atoms with van der Waals surface area (Å²) >= 11 is 0. The maximum Gasteiger partial charge on any atom is 0.126 e. The Morgan fingerprint density at radius 2 is 0.630 bits per heavy atom. The van der Waals surface area contributed by atoms with Gasteiger partial charge in [0.25, 0.3) is 0 Å². The molecule has 0 spiro atoms. The van der Waals surface area contributed by atoms with Crippen molar-refractivity contribution >= 4 is 0 Å². The number of hydrogen-bond acceptors (Lipinski definition) is 4. The quantitative estimate of drug-likeness (QED) is 0.171. The first-order valence-electron chi connectivity index (χ1n) is 19.5. The summed E-state index contributed by atoms with van der Waals surface area (Å²) < 4.78 is 13.2. The number of benzene rings is 4. The molecule has 4 aromatic rings. The van der Waals surface area contributed by atoms with Gasteiger partial charge in [-0.1, -0.05) is 157 Å². The van der Waals surface area contributed by atoms with E-state index in [9.17, 15) is 10.2 Å². The normalized spacial score (nSPS) is 13.7. The Bertz CT molecular complexity index is 1810. The molecule has 4 heteroatoms. The molecule has 288 valence electrons. The minimum atomic E-state index is -0.162. The van der Waals surface area contributed by atoms with E-state index < -0.39 is 0 Å². The number of phenolic OH excluding ortho intramolecular Hbond substituents is 2. The van der Waals surface area contributed by atoms with Crippen LogP contribution in [-0.4, -0.2) is 23.4 Å².